The number of benzene rings is 2. The van der Waals surface area contributed by atoms with Crippen LogP contribution in [0.25, 0.3) is 0 Å². The first-order valence-electron chi connectivity index (χ1n) is 6.37. The van der Waals surface area contributed by atoms with E-state index < -0.39 is 6.04 Å². The SMILES string of the molecule is CN(Cc1ccc(Br)cc1)[C@H](C(N)=O)c1ccccc1. The van der Waals surface area contributed by atoms with Crippen molar-refractivity contribution in [2.75, 3.05) is 7.05 Å². The van der Waals surface area contributed by atoms with E-state index in [-0.39, 0.29) is 5.91 Å². The Labute approximate surface area is 127 Å². The third kappa shape index (κ3) is 3.68. The van der Waals surface area contributed by atoms with Gasteiger partial charge in [-0.25, -0.2) is 0 Å². The normalized spacial score (nSPS) is 12.3. The number of halogens is 1. The molecule has 2 aromatic carbocycles. The molecular weight excluding hydrogens is 316 g/mol. The second-order valence-corrected chi connectivity index (χ2v) is 5.67. The fourth-order valence-electron chi connectivity index (χ4n) is 2.24. The molecule has 0 bridgehead atoms. The lowest BCUT2D eigenvalue weighted by Gasteiger charge is -2.26. The monoisotopic (exact) mass is 332 g/mol. The first kappa shape index (κ1) is 14.8. The van der Waals surface area contributed by atoms with Gasteiger partial charge in [-0.3, -0.25) is 9.69 Å². The van der Waals surface area contributed by atoms with Crippen LogP contribution in [0.5, 0.6) is 0 Å². The molecule has 0 heterocycles. The van der Waals surface area contributed by atoms with Gasteiger partial charge in [0.15, 0.2) is 0 Å². The Morgan fingerprint density at radius 3 is 2.30 bits per heavy atom. The van der Waals surface area contributed by atoms with Crippen molar-refractivity contribution in [3.63, 3.8) is 0 Å². The van der Waals surface area contributed by atoms with Gasteiger partial charge in [-0.15, -0.1) is 0 Å². The van der Waals surface area contributed by atoms with Crippen molar-refractivity contribution in [1.29, 1.82) is 0 Å². The third-order valence-corrected chi connectivity index (χ3v) is 3.70. The predicted molar refractivity (Wildman–Crippen MR) is 84.0 cm³/mol. The van der Waals surface area contributed by atoms with Crippen molar-refractivity contribution in [2.24, 2.45) is 5.73 Å². The lowest BCUT2D eigenvalue weighted by Crippen LogP contribution is -2.34. The highest BCUT2D eigenvalue weighted by Gasteiger charge is 2.22. The minimum absolute atomic E-state index is 0.337. The molecule has 2 aromatic rings. The minimum atomic E-state index is -0.417. The van der Waals surface area contributed by atoms with Crippen LogP contribution < -0.4 is 5.73 Å². The molecule has 0 aliphatic carbocycles. The second kappa shape index (κ2) is 6.68. The van der Waals surface area contributed by atoms with E-state index in [4.69, 9.17) is 5.73 Å². The largest absolute Gasteiger partial charge is 0.368 e. The summed E-state index contributed by atoms with van der Waals surface area (Å²) in [6.07, 6.45) is 0. The third-order valence-electron chi connectivity index (χ3n) is 3.17. The standard InChI is InChI=1S/C16H17BrN2O/c1-19(11-12-7-9-14(17)10-8-12)15(16(18)20)13-5-3-2-4-6-13/h2-10,15H,11H2,1H3,(H2,18,20)/t15-/m0/s1. The fraction of sp³-hybridized carbons (Fsp3) is 0.188. The summed E-state index contributed by atoms with van der Waals surface area (Å²) in [6.45, 7) is 0.662. The molecule has 1 atom stereocenters. The molecule has 0 unspecified atom stereocenters. The highest BCUT2D eigenvalue weighted by atomic mass is 79.9. The van der Waals surface area contributed by atoms with Crippen molar-refractivity contribution >= 4 is 21.8 Å². The topological polar surface area (TPSA) is 46.3 Å². The highest BCUT2D eigenvalue weighted by Crippen LogP contribution is 2.21. The molecule has 0 aromatic heterocycles. The van der Waals surface area contributed by atoms with Crippen LogP contribution in [0.2, 0.25) is 0 Å². The minimum Gasteiger partial charge on any atom is -0.368 e. The number of rotatable bonds is 5. The van der Waals surface area contributed by atoms with Gasteiger partial charge in [-0.1, -0.05) is 58.4 Å². The number of primary amides is 1. The van der Waals surface area contributed by atoms with Crippen LogP contribution in [0.1, 0.15) is 17.2 Å². The zero-order valence-electron chi connectivity index (χ0n) is 11.3. The molecule has 0 fully saturated rings. The van der Waals surface area contributed by atoms with Gasteiger partial charge in [0.25, 0.3) is 0 Å². The molecule has 20 heavy (non-hydrogen) atoms. The van der Waals surface area contributed by atoms with Gasteiger partial charge in [0.1, 0.15) is 6.04 Å². The zero-order chi connectivity index (χ0) is 14.5. The number of hydrogen-bond donors (Lipinski definition) is 1. The average molecular weight is 333 g/mol. The summed E-state index contributed by atoms with van der Waals surface area (Å²) in [7, 11) is 1.91. The molecule has 0 spiro atoms. The molecule has 2 N–H and O–H groups in total. The van der Waals surface area contributed by atoms with Gasteiger partial charge in [-0.2, -0.15) is 0 Å². The van der Waals surface area contributed by atoms with Gasteiger partial charge in [0.2, 0.25) is 5.91 Å². The fourth-order valence-corrected chi connectivity index (χ4v) is 2.50. The number of carbonyl (C=O) groups excluding carboxylic acids is 1. The number of amides is 1. The van der Waals surface area contributed by atoms with Crippen LogP contribution in [0, 0.1) is 0 Å². The molecule has 0 aliphatic heterocycles. The van der Waals surface area contributed by atoms with E-state index in [0.29, 0.717) is 6.54 Å². The Morgan fingerprint density at radius 2 is 1.75 bits per heavy atom. The molecule has 1 amide bonds. The Kier molecular flexibility index (Phi) is 4.93. The lowest BCUT2D eigenvalue weighted by molar-refractivity contribution is -0.123. The maximum absolute atomic E-state index is 11.8. The maximum Gasteiger partial charge on any atom is 0.239 e. The second-order valence-electron chi connectivity index (χ2n) is 4.76. The van der Waals surface area contributed by atoms with E-state index in [2.05, 4.69) is 15.9 Å². The van der Waals surface area contributed by atoms with Crippen LogP contribution in [-0.2, 0) is 11.3 Å². The van der Waals surface area contributed by atoms with Crippen molar-refractivity contribution in [1.82, 2.24) is 4.90 Å². The number of carbonyl (C=O) groups is 1. The predicted octanol–water partition coefficient (Wildman–Crippen LogP) is 3.11. The van der Waals surface area contributed by atoms with E-state index in [9.17, 15) is 4.79 Å². The summed E-state index contributed by atoms with van der Waals surface area (Å²) >= 11 is 3.41. The average Bonchev–Trinajstić information content (AvgIpc) is 2.42. The van der Waals surface area contributed by atoms with Crippen LogP contribution in [0.3, 0.4) is 0 Å². The molecule has 104 valence electrons. The Hall–Kier alpha value is -1.65. The molecule has 4 heteroatoms. The van der Waals surface area contributed by atoms with Gasteiger partial charge in [0.05, 0.1) is 0 Å². The molecule has 3 nitrogen and oxygen atoms in total. The Balaban J connectivity index is 2.18. The summed E-state index contributed by atoms with van der Waals surface area (Å²) in [5, 5.41) is 0. The van der Waals surface area contributed by atoms with Gasteiger partial charge >= 0.3 is 0 Å². The van der Waals surface area contributed by atoms with Crippen molar-refractivity contribution in [3.8, 4) is 0 Å². The zero-order valence-corrected chi connectivity index (χ0v) is 12.9. The maximum atomic E-state index is 11.8. The molecule has 0 saturated heterocycles. The van der Waals surface area contributed by atoms with E-state index in [0.717, 1.165) is 15.6 Å². The molecule has 0 radical (unpaired) electrons. The summed E-state index contributed by atoms with van der Waals surface area (Å²) in [6, 6.07) is 17.2. The molecule has 2 rings (SSSR count). The van der Waals surface area contributed by atoms with E-state index in [1.54, 1.807) is 0 Å². The van der Waals surface area contributed by atoms with Crippen LogP contribution >= 0.6 is 15.9 Å². The summed E-state index contributed by atoms with van der Waals surface area (Å²) < 4.78 is 1.04. The summed E-state index contributed by atoms with van der Waals surface area (Å²) in [4.78, 5) is 13.7. The first-order valence-corrected chi connectivity index (χ1v) is 7.16. The van der Waals surface area contributed by atoms with Crippen molar-refractivity contribution < 1.29 is 4.79 Å². The van der Waals surface area contributed by atoms with Gasteiger partial charge < -0.3 is 5.73 Å². The smallest absolute Gasteiger partial charge is 0.239 e. The van der Waals surface area contributed by atoms with Crippen LogP contribution in [-0.4, -0.2) is 17.9 Å². The number of likely N-dealkylation sites (N-methyl/N-ethyl adjacent to an activating group) is 1. The Bertz CT molecular complexity index is 569. The molecular formula is C16H17BrN2O. The van der Waals surface area contributed by atoms with E-state index in [1.807, 2.05) is 66.5 Å². The van der Waals surface area contributed by atoms with Crippen molar-refractivity contribution in [3.05, 3.63) is 70.2 Å². The number of nitrogens with zero attached hydrogens (tertiary/aromatic N) is 1. The van der Waals surface area contributed by atoms with E-state index in [1.165, 1.54) is 0 Å². The highest BCUT2D eigenvalue weighted by molar-refractivity contribution is 9.10. The Morgan fingerprint density at radius 1 is 1.15 bits per heavy atom. The molecule has 0 saturated carbocycles. The quantitative estimate of drug-likeness (QED) is 0.914. The lowest BCUT2D eigenvalue weighted by atomic mass is 10.0. The molecule has 0 aliphatic rings. The van der Waals surface area contributed by atoms with E-state index >= 15 is 0 Å². The van der Waals surface area contributed by atoms with Gasteiger partial charge in [-0.05, 0) is 30.3 Å². The van der Waals surface area contributed by atoms with Crippen LogP contribution in [0.4, 0.5) is 0 Å². The number of hydrogen-bond acceptors (Lipinski definition) is 2. The first-order chi connectivity index (χ1) is 9.58. The summed E-state index contributed by atoms with van der Waals surface area (Å²) in [5.41, 5.74) is 7.61. The van der Waals surface area contributed by atoms with Crippen LogP contribution in [0.15, 0.2) is 59.1 Å². The van der Waals surface area contributed by atoms with Crippen molar-refractivity contribution in [2.45, 2.75) is 12.6 Å². The van der Waals surface area contributed by atoms with Gasteiger partial charge in [0, 0.05) is 11.0 Å². The number of nitrogens with two attached hydrogens (primary N) is 1. The summed E-state index contributed by atoms with van der Waals surface area (Å²) in [5.74, 6) is -0.337.